The molecule has 0 nitrogen and oxygen atoms in total. The van der Waals surface area contributed by atoms with Gasteiger partial charge in [-0.2, -0.15) is 11.1 Å². The molecule has 0 saturated carbocycles. The van der Waals surface area contributed by atoms with Gasteiger partial charge in [0.15, 0.2) is 0 Å². The molecule has 0 heterocycles. The van der Waals surface area contributed by atoms with Gasteiger partial charge in [-0.1, -0.05) is 26.7 Å². The fraction of sp³-hybridized carbons (Fsp3) is 0.556. The van der Waals surface area contributed by atoms with Crippen molar-refractivity contribution in [3.05, 3.63) is 22.8 Å². The van der Waals surface area contributed by atoms with E-state index >= 15 is 0 Å². The Kier molecular flexibility index (Phi) is 6.87. The van der Waals surface area contributed by atoms with Crippen LogP contribution in [0.25, 0.3) is 0 Å². The largest absolute Gasteiger partial charge is 0.266 e. The number of hydrogen-bond acceptors (Lipinski definition) is 0. The van der Waals surface area contributed by atoms with Crippen molar-refractivity contribution in [1.82, 2.24) is 0 Å². The monoisotopic (exact) mass is 247 g/mol. The van der Waals surface area contributed by atoms with E-state index in [-0.39, 0.29) is 38.6 Å². The maximum absolute atomic E-state index is 3.36. The Morgan fingerprint density at radius 2 is 1.64 bits per heavy atom. The van der Waals surface area contributed by atoms with Crippen LogP contribution in [0.3, 0.4) is 0 Å². The Labute approximate surface area is 94.7 Å². The van der Waals surface area contributed by atoms with E-state index in [4.69, 9.17) is 0 Å². The first kappa shape index (κ1) is 14.2. The first-order chi connectivity index (χ1) is 4.13. The molecule has 1 unspecified atom stereocenters. The summed E-state index contributed by atoms with van der Waals surface area (Å²) in [5.41, 5.74) is 4.25. The van der Waals surface area contributed by atoms with Crippen molar-refractivity contribution >= 4 is 12.4 Å². The summed E-state index contributed by atoms with van der Waals surface area (Å²) in [6.45, 7) is 8.67. The van der Waals surface area contributed by atoms with Gasteiger partial charge < -0.3 is 0 Å². The SMILES string of the molecule is CC1=[C-]C(C)C(C)=C1C.Cl.[Zr]. The van der Waals surface area contributed by atoms with Crippen molar-refractivity contribution in [3.8, 4) is 0 Å². The summed E-state index contributed by atoms with van der Waals surface area (Å²) in [5, 5.41) is 0. The minimum atomic E-state index is 0. The Morgan fingerprint density at radius 3 is 1.73 bits per heavy atom. The quantitative estimate of drug-likeness (QED) is 0.578. The normalized spacial score (nSPS) is 22.2. The van der Waals surface area contributed by atoms with Crippen LogP contribution in [0, 0.1) is 12.0 Å². The van der Waals surface area contributed by atoms with Gasteiger partial charge in [0.1, 0.15) is 0 Å². The van der Waals surface area contributed by atoms with E-state index in [0.29, 0.717) is 5.92 Å². The van der Waals surface area contributed by atoms with Crippen LogP contribution >= 0.6 is 12.4 Å². The predicted octanol–water partition coefficient (Wildman–Crippen LogP) is 3.14. The van der Waals surface area contributed by atoms with E-state index < -0.39 is 0 Å². The molecule has 0 N–H and O–H groups in total. The van der Waals surface area contributed by atoms with Crippen molar-refractivity contribution in [2.75, 3.05) is 0 Å². The second-order valence-corrected chi connectivity index (χ2v) is 2.80. The molecule has 0 fully saturated rings. The topological polar surface area (TPSA) is 0 Å². The van der Waals surface area contributed by atoms with E-state index in [1.807, 2.05) is 0 Å². The van der Waals surface area contributed by atoms with Crippen LogP contribution in [0.5, 0.6) is 0 Å². The molecule has 0 amide bonds. The number of hydrogen-bond donors (Lipinski definition) is 0. The molecular weight excluding hydrogens is 235 g/mol. The second kappa shape index (κ2) is 5.33. The summed E-state index contributed by atoms with van der Waals surface area (Å²) in [4.78, 5) is 0. The molecule has 1 aliphatic rings. The van der Waals surface area contributed by atoms with Gasteiger partial charge in [0.25, 0.3) is 0 Å². The summed E-state index contributed by atoms with van der Waals surface area (Å²) in [6, 6.07) is 0. The molecule has 0 spiro atoms. The van der Waals surface area contributed by atoms with Crippen LogP contribution in [-0.4, -0.2) is 0 Å². The van der Waals surface area contributed by atoms with Gasteiger partial charge in [-0.05, 0) is 0 Å². The molecule has 1 atom stereocenters. The smallest absolute Gasteiger partial charge is 0 e. The minimum absolute atomic E-state index is 0. The zero-order valence-electron chi connectivity index (χ0n) is 7.49. The minimum Gasteiger partial charge on any atom is -0.266 e. The molecule has 0 saturated heterocycles. The first-order valence-electron chi connectivity index (χ1n) is 3.40. The molecular formula is C9H14ClZr-. The van der Waals surface area contributed by atoms with Gasteiger partial charge in [0, 0.05) is 26.2 Å². The average molecular weight is 249 g/mol. The zero-order chi connectivity index (χ0) is 7.02. The fourth-order valence-electron chi connectivity index (χ4n) is 1.16. The van der Waals surface area contributed by atoms with Crippen molar-refractivity contribution in [1.29, 1.82) is 0 Å². The van der Waals surface area contributed by atoms with E-state index in [2.05, 4.69) is 33.8 Å². The van der Waals surface area contributed by atoms with Gasteiger partial charge >= 0.3 is 0 Å². The predicted molar refractivity (Wildman–Crippen MR) is 47.2 cm³/mol. The summed E-state index contributed by atoms with van der Waals surface area (Å²) >= 11 is 0. The number of halogens is 1. The molecule has 11 heavy (non-hydrogen) atoms. The van der Waals surface area contributed by atoms with Gasteiger partial charge in [0.05, 0.1) is 0 Å². The molecule has 2 heteroatoms. The van der Waals surface area contributed by atoms with Crippen LogP contribution in [0.2, 0.25) is 0 Å². The number of rotatable bonds is 0. The maximum atomic E-state index is 3.36. The molecule has 0 bridgehead atoms. The van der Waals surface area contributed by atoms with E-state index in [9.17, 15) is 0 Å². The summed E-state index contributed by atoms with van der Waals surface area (Å²) in [7, 11) is 0. The van der Waals surface area contributed by atoms with Crippen molar-refractivity contribution in [3.63, 3.8) is 0 Å². The van der Waals surface area contributed by atoms with Gasteiger partial charge in [-0.3, -0.25) is 6.08 Å². The van der Waals surface area contributed by atoms with Crippen LogP contribution < -0.4 is 0 Å². The fourth-order valence-corrected chi connectivity index (χ4v) is 1.16. The van der Waals surface area contributed by atoms with Crippen LogP contribution in [0.1, 0.15) is 27.7 Å². The zero-order valence-corrected chi connectivity index (χ0v) is 10.8. The Bertz CT molecular complexity index is 192. The second-order valence-electron chi connectivity index (χ2n) is 2.80. The first-order valence-corrected chi connectivity index (χ1v) is 3.40. The molecule has 0 aromatic rings. The van der Waals surface area contributed by atoms with Crippen molar-refractivity contribution in [2.45, 2.75) is 27.7 Å². The molecule has 62 valence electrons. The number of allylic oxidation sites excluding steroid dienone is 4. The third-order valence-electron chi connectivity index (χ3n) is 2.24. The van der Waals surface area contributed by atoms with Crippen molar-refractivity contribution in [2.24, 2.45) is 5.92 Å². The molecule has 0 aliphatic heterocycles. The third-order valence-corrected chi connectivity index (χ3v) is 2.24. The van der Waals surface area contributed by atoms with Crippen LogP contribution in [0.4, 0.5) is 0 Å². The van der Waals surface area contributed by atoms with Gasteiger partial charge in [0.2, 0.25) is 0 Å². The summed E-state index contributed by atoms with van der Waals surface area (Å²) < 4.78 is 0. The molecule has 0 radical (unpaired) electrons. The molecule has 1 aliphatic carbocycles. The maximum Gasteiger partial charge on any atom is 0 e. The van der Waals surface area contributed by atoms with E-state index in [1.165, 1.54) is 16.7 Å². The Balaban J connectivity index is 0. The van der Waals surface area contributed by atoms with Crippen molar-refractivity contribution < 1.29 is 26.2 Å². The molecule has 0 aromatic carbocycles. The third kappa shape index (κ3) is 2.88. The Morgan fingerprint density at radius 1 is 1.18 bits per heavy atom. The summed E-state index contributed by atoms with van der Waals surface area (Å²) in [6.07, 6.45) is 3.36. The molecule has 0 aromatic heterocycles. The standard InChI is InChI=1S/C9H13.ClH.Zr/c1-6-5-7(2)9(4)8(6)3;;/h6H,1-4H3;1H;/q-1;;. The van der Waals surface area contributed by atoms with E-state index in [1.54, 1.807) is 0 Å². The van der Waals surface area contributed by atoms with E-state index in [0.717, 1.165) is 0 Å². The average Bonchev–Trinajstić information content (AvgIpc) is 1.98. The van der Waals surface area contributed by atoms with Gasteiger partial charge in [-0.15, -0.1) is 19.3 Å². The molecule has 1 rings (SSSR count). The van der Waals surface area contributed by atoms with Gasteiger partial charge in [-0.25, -0.2) is 5.57 Å². The van der Waals surface area contributed by atoms with Crippen LogP contribution in [-0.2, 0) is 26.2 Å². The Hall–Kier alpha value is 0.653. The summed E-state index contributed by atoms with van der Waals surface area (Å²) in [5.74, 6) is 0.560. The van der Waals surface area contributed by atoms with Crippen LogP contribution in [0.15, 0.2) is 16.7 Å².